The number of hydrogen-bond acceptors (Lipinski definition) is 4. The summed E-state index contributed by atoms with van der Waals surface area (Å²) in [5, 5.41) is 4.33. The molecule has 0 radical (unpaired) electrons. The second-order valence-electron chi connectivity index (χ2n) is 5.47. The molecule has 1 aliphatic rings. The van der Waals surface area contributed by atoms with Crippen LogP contribution in [0.5, 0.6) is 0 Å². The van der Waals surface area contributed by atoms with Gasteiger partial charge in [0.05, 0.1) is 17.3 Å². The molecule has 1 fully saturated rings. The monoisotopic (exact) mass is 301 g/mol. The molecule has 0 unspecified atom stereocenters. The zero-order valence-corrected chi connectivity index (χ0v) is 12.7. The molecule has 0 aromatic carbocycles. The second kappa shape index (κ2) is 5.75. The van der Waals surface area contributed by atoms with Crippen LogP contribution in [0.25, 0.3) is 0 Å². The highest BCUT2D eigenvalue weighted by Crippen LogP contribution is 2.31. The van der Waals surface area contributed by atoms with Crippen LogP contribution >= 0.6 is 0 Å². The molecule has 1 N–H and O–H groups in total. The first-order valence-corrected chi connectivity index (χ1v) is 7.50. The van der Waals surface area contributed by atoms with Crippen molar-refractivity contribution in [1.29, 1.82) is 0 Å². The van der Waals surface area contributed by atoms with Crippen molar-refractivity contribution in [3.63, 3.8) is 0 Å². The number of rotatable bonds is 3. The quantitative estimate of drug-likeness (QED) is 0.925. The molecule has 2 aromatic rings. The Balaban J connectivity index is 1.91. The summed E-state index contributed by atoms with van der Waals surface area (Å²) in [6, 6.07) is 1.66. The number of carbonyl (C=O) groups excluding carboxylic acids is 1. The van der Waals surface area contributed by atoms with Gasteiger partial charge in [0.25, 0.3) is 5.91 Å². The van der Waals surface area contributed by atoms with Crippen molar-refractivity contribution in [2.24, 2.45) is 0 Å². The summed E-state index contributed by atoms with van der Waals surface area (Å²) in [5.41, 5.74) is 1.73. The highest BCUT2D eigenvalue weighted by Gasteiger charge is 2.32. The lowest BCUT2D eigenvalue weighted by Crippen LogP contribution is -2.32. The molecule has 0 aliphatic carbocycles. The first-order chi connectivity index (χ1) is 10.6. The number of H-pyrrole nitrogens is 1. The molecule has 0 saturated carbocycles. The molecule has 1 aliphatic heterocycles. The SMILES string of the molecule is CCn1cc(C(=O)N2CCC[C@@H]2c2ccnc(=O)[nH]2)c(C)n1. The zero-order valence-electron chi connectivity index (χ0n) is 12.7. The van der Waals surface area contributed by atoms with Crippen LogP contribution in [0.15, 0.2) is 23.3 Å². The minimum absolute atomic E-state index is 0.0302. The fourth-order valence-corrected chi connectivity index (χ4v) is 2.95. The molecule has 1 amide bonds. The third kappa shape index (κ3) is 2.54. The summed E-state index contributed by atoms with van der Waals surface area (Å²) < 4.78 is 1.77. The van der Waals surface area contributed by atoms with Gasteiger partial charge in [0.15, 0.2) is 0 Å². The Morgan fingerprint density at radius 2 is 2.32 bits per heavy atom. The van der Waals surface area contributed by atoms with Crippen LogP contribution in [-0.4, -0.2) is 37.1 Å². The van der Waals surface area contributed by atoms with E-state index in [2.05, 4.69) is 15.1 Å². The zero-order chi connectivity index (χ0) is 15.7. The fraction of sp³-hybridized carbons (Fsp3) is 0.467. The second-order valence-corrected chi connectivity index (χ2v) is 5.47. The number of nitrogens with zero attached hydrogens (tertiary/aromatic N) is 4. The molecule has 0 bridgehead atoms. The van der Waals surface area contributed by atoms with Gasteiger partial charge < -0.3 is 9.88 Å². The largest absolute Gasteiger partial charge is 0.345 e. The van der Waals surface area contributed by atoms with Crippen molar-refractivity contribution in [1.82, 2.24) is 24.6 Å². The van der Waals surface area contributed by atoms with Crippen LogP contribution in [-0.2, 0) is 6.54 Å². The summed E-state index contributed by atoms with van der Waals surface area (Å²) in [6.07, 6.45) is 5.03. The smallest absolute Gasteiger partial charge is 0.330 e. The van der Waals surface area contributed by atoms with Crippen molar-refractivity contribution in [3.8, 4) is 0 Å². The third-order valence-corrected chi connectivity index (χ3v) is 4.07. The third-order valence-electron chi connectivity index (χ3n) is 4.07. The van der Waals surface area contributed by atoms with Crippen molar-refractivity contribution >= 4 is 5.91 Å². The minimum atomic E-state index is -0.383. The molecular weight excluding hydrogens is 282 g/mol. The Bertz CT molecular complexity index is 748. The van der Waals surface area contributed by atoms with E-state index in [1.807, 2.05) is 18.7 Å². The van der Waals surface area contributed by atoms with Crippen molar-refractivity contribution < 1.29 is 4.79 Å². The van der Waals surface area contributed by atoms with E-state index >= 15 is 0 Å². The maximum atomic E-state index is 12.8. The molecular formula is C15H19N5O2. The van der Waals surface area contributed by atoms with E-state index in [1.165, 1.54) is 6.20 Å². The lowest BCUT2D eigenvalue weighted by molar-refractivity contribution is 0.0732. The van der Waals surface area contributed by atoms with Crippen LogP contribution in [0.1, 0.15) is 47.6 Å². The molecule has 7 nitrogen and oxygen atoms in total. The molecule has 0 spiro atoms. The normalized spacial score (nSPS) is 17.9. The summed E-state index contributed by atoms with van der Waals surface area (Å²) in [4.78, 5) is 32.4. The molecule has 3 rings (SSSR count). The summed E-state index contributed by atoms with van der Waals surface area (Å²) in [5.74, 6) is -0.0302. The first kappa shape index (κ1) is 14.5. The van der Waals surface area contributed by atoms with Crippen molar-refractivity contribution in [3.05, 3.63) is 45.9 Å². The van der Waals surface area contributed by atoms with Crippen molar-refractivity contribution in [2.45, 2.75) is 39.3 Å². The number of aromatic nitrogens is 4. The van der Waals surface area contributed by atoms with Crippen LogP contribution in [0, 0.1) is 6.92 Å². The van der Waals surface area contributed by atoms with Crippen LogP contribution in [0.4, 0.5) is 0 Å². The molecule has 116 valence electrons. The van der Waals surface area contributed by atoms with E-state index in [1.54, 1.807) is 16.9 Å². The highest BCUT2D eigenvalue weighted by molar-refractivity contribution is 5.95. The maximum Gasteiger partial charge on any atom is 0.345 e. The topological polar surface area (TPSA) is 83.9 Å². The lowest BCUT2D eigenvalue weighted by Gasteiger charge is -2.24. The van der Waals surface area contributed by atoms with E-state index in [0.717, 1.165) is 30.8 Å². The molecule has 1 saturated heterocycles. The summed E-state index contributed by atoms with van der Waals surface area (Å²) in [6.45, 7) is 5.25. The highest BCUT2D eigenvalue weighted by atomic mass is 16.2. The fourth-order valence-electron chi connectivity index (χ4n) is 2.95. The van der Waals surface area contributed by atoms with Gasteiger partial charge in [-0.15, -0.1) is 0 Å². The summed E-state index contributed by atoms with van der Waals surface area (Å²) in [7, 11) is 0. The lowest BCUT2D eigenvalue weighted by atomic mass is 10.1. The maximum absolute atomic E-state index is 12.8. The average molecular weight is 301 g/mol. The predicted octanol–water partition coefficient (Wildman–Crippen LogP) is 1.27. The standard InChI is InChI=1S/C15H19N5O2/c1-3-19-9-11(10(2)18-19)14(21)20-8-4-5-13(20)12-6-7-16-15(22)17-12/h6-7,9,13H,3-5,8H2,1-2H3,(H,16,17,22)/t13-/m1/s1. The Hall–Kier alpha value is -2.44. The predicted molar refractivity (Wildman–Crippen MR) is 80.5 cm³/mol. The average Bonchev–Trinajstić information content (AvgIpc) is 3.13. The number of hydrogen-bond donors (Lipinski definition) is 1. The molecule has 2 aromatic heterocycles. The van der Waals surface area contributed by atoms with Gasteiger partial charge in [-0.05, 0) is 32.8 Å². The van der Waals surface area contributed by atoms with Crippen LogP contribution in [0.3, 0.4) is 0 Å². The van der Waals surface area contributed by atoms with Crippen LogP contribution < -0.4 is 5.69 Å². The Morgan fingerprint density at radius 3 is 3.00 bits per heavy atom. The van der Waals surface area contributed by atoms with Crippen LogP contribution in [0.2, 0.25) is 0 Å². The Labute approximate surface area is 128 Å². The number of nitrogens with one attached hydrogen (secondary N) is 1. The van der Waals surface area contributed by atoms with E-state index < -0.39 is 0 Å². The first-order valence-electron chi connectivity index (χ1n) is 7.50. The van der Waals surface area contributed by atoms with Gasteiger partial charge in [-0.25, -0.2) is 9.78 Å². The molecule has 22 heavy (non-hydrogen) atoms. The number of likely N-dealkylation sites (tertiary alicyclic amines) is 1. The Kier molecular flexibility index (Phi) is 3.79. The molecule has 7 heteroatoms. The van der Waals surface area contributed by atoms with Gasteiger partial charge in [-0.1, -0.05) is 0 Å². The van der Waals surface area contributed by atoms with Gasteiger partial charge >= 0.3 is 5.69 Å². The van der Waals surface area contributed by atoms with Gasteiger partial charge in [-0.2, -0.15) is 5.10 Å². The Morgan fingerprint density at radius 1 is 1.50 bits per heavy atom. The summed E-state index contributed by atoms with van der Waals surface area (Å²) >= 11 is 0. The molecule has 3 heterocycles. The van der Waals surface area contributed by atoms with Gasteiger partial charge in [0.2, 0.25) is 0 Å². The van der Waals surface area contributed by atoms with Gasteiger partial charge in [0, 0.05) is 31.2 Å². The van der Waals surface area contributed by atoms with E-state index in [9.17, 15) is 9.59 Å². The number of aryl methyl sites for hydroxylation is 2. The van der Waals surface area contributed by atoms with Gasteiger partial charge in [0.1, 0.15) is 0 Å². The van der Waals surface area contributed by atoms with E-state index in [-0.39, 0.29) is 17.6 Å². The number of aromatic amines is 1. The van der Waals surface area contributed by atoms with E-state index in [0.29, 0.717) is 12.1 Å². The number of amides is 1. The van der Waals surface area contributed by atoms with E-state index in [4.69, 9.17) is 0 Å². The van der Waals surface area contributed by atoms with Crippen molar-refractivity contribution in [2.75, 3.05) is 6.54 Å². The minimum Gasteiger partial charge on any atom is -0.330 e. The molecule has 1 atom stereocenters. The van der Waals surface area contributed by atoms with Gasteiger partial charge in [-0.3, -0.25) is 9.48 Å². The number of carbonyl (C=O) groups is 1.